The van der Waals surface area contributed by atoms with Gasteiger partial charge in [-0.3, -0.25) is 14.9 Å². The Balaban J connectivity index is 1.98. The first-order valence-electron chi connectivity index (χ1n) is 5.48. The highest BCUT2D eigenvalue weighted by Crippen LogP contribution is 2.17. The molecule has 2 aromatic rings. The van der Waals surface area contributed by atoms with Gasteiger partial charge in [0.1, 0.15) is 0 Å². The number of hydrogen-bond acceptors (Lipinski definition) is 5. The minimum atomic E-state index is -0.489. The number of nitro groups is 1. The van der Waals surface area contributed by atoms with Gasteiger partial charge in [0.25, 0.3) is 5.69 Å². The summed E-state index contributed by atoms with van der Waals surface area (Å²) in [6.45, 7) is 0. The summed E-state index contributed by atoms with van der Waals surface area (Å²) < 4.78 is 0. The number of carbonyl (C=O) groups excluding carboxylic acids is 1. The molecule has 5 nitrogen and oxygen atoms in total. The first kappa shape index (κ1) is 13.2. The number of carbonyl (C=O) groups is 1. The minimum Gasteiger partial charge on any atom is -0.293 e. The number of ketones is 1. The molecule has 96 valence electrons. The van der Waals surface area contributed by atoms with Crippen LogP contribution in [0.15, 0.2) is 53.7 Å². The number of pyridine rings is 1. The van der Waals surface area contributed by atoms with Crippen molar-refractivity contribution < 1.29 is 9.72 Å². The molecule has 0 unspecified atom stereocenters. The van der Waals surface area contributed by atoms with Crippen LogP contribution in [0, 0.1) is 10.1 Å². The highest BCUT2D eigenvalue weighted by Gasteiger charge is 2.10. The smallest absolute Gasteiger partial charge is 0.269 e. The molecule has 1 heterocycles. The van der Waals surface area contributed by atoms with Gasteiger partial charge in [0.2, 0.25) is 0 Å². The first-order chi connectivity index (χ1) is 9.16. The number of non-ortho nitro benzene ring substituents is 1. The van der Waals surface area contributed by atoms with Crippen molar-refractivity contribution in [2.45, 2.75) is 5.03 Å². The normalized spacial score (nSPS) is 10.1. The fourth-order valence-corrected chi connectivity index (χ4v) is 2.18. The molecule has 0 spiro atoms. The molecule has 6 heteroatoms. The van der Waals surface area contributed by atoms with E-state index in [9.17, 15) is 14.9 Å². The fourth-order valence-electron chi connectivity index (χ4n) is 1.42. The number of hydrogen-bond donors (Lipinski definition) is 0. The van der Waals surface area contributed by atoms with E-state index in [1.165, 1.54) is 36.0 Å². The second-order valence-electron chi connectivity index (χ2n) is 3.68. The number of nitrogens with zero attached hydrogens (tertiary/aromatic N) is 2. The number of benzene rings is 1. The number of thioether (sulfide) groups is 1. The molecule has 0 amide bonds. The summed E-state index contributed by atoms with van der Waals surface area (Å²) >= 11 is 1.34. The molecular formula is C13H10N2O3S. The van der Waals surface area contributed by atoms with Crippen LogP contribution in [0.4, 0.5) is 5.69 Å². The molecule has 0 radical (unpaired) electrons. The topological polar surface area (TPSA) is 73.1 Å². The van der Waals surface area contributed by atoms with Gasteiger partial charge in [-0.1, -0.05) is 17.8 Å². The third-order valence-corrected chi connectivity index (χ3v) is 3.33. The Morgan fingerprint density at radius 1 is 1.21 bits per heavy atom. The van der Waals surface area contributed by atoms with Crippen LogP contribution in [0.5, 0.6) is 0 Å². The van der Waals surface area contributed by atoms with Crippen molar-refractivity contribution >= 4 is 23.2 Å². The van der Waals surface area contributed by atoms with Crippen molar-refractivity contribution in [3.63, 3.8) is 0 Å². The van der Waals surface area contributed by atoms with Crippen molar-refractivity contribution in [1.29, 1.82) is 0 Å². The molecule has 0 aliphatic carbocycles. The van der Waals surface area contributed by atoms with Crippen LogP contribution < -0.4 is 0 Å². The minimum absolute atomic E-state index is 0.0195. The Morgan fingerprint density at radius 3 is 2.53 bits per heavy atom. The summed E-state index contributed by atoms with van der Waals surface area (Å²) in [6, 6.07) is 11.1. The summed E-state index contributed by atoms with van der Waals surface area (Å²) in [6.07, 6.45) is 1.67. The van der Waals surface area contributed by atoms with E-state index in [2.05, 4.69) is 4.98 Å². The molecular weight excluding hydrogens is 264 g/mol. The first-order valence-corrected chi connectivity index (χ1v) is 6.47. The average molecular weight is 274 g/mol. The second kappa shape index (κ2) is 6.10. The molecule has 1 aromatic heterocycles. The highest BCUT2D eigenvalue weighted by atomic mass is 32.2. The standard InChI is InChI=1S/C13H10N2O3S/c16-12(9-19-13-3-1-2-8-14-13)10-4-6-11(7-5-10)15(17)18/h1-8H,9H2. The third-order valence-electron chi connectivity index (χ3n) is 2.39. The van der Waals surface area contributed by atoms with Crippen molar-refractivity contribution in [2.75, 3.05) is 5.75 Å². The third kappa shape index (κ3) is 3.62. The lowest BCUT2D eigenvalue weighted by atomic mass is 10.1. The number of rotatable bonds is 5. The Labute approximate surface area is 113 Å². The van der Waals surface area contributed by atoms with Crippen LogP contribution in [0.3, 0.4) is 0 Å². The molecule has 0 fully saturated rings. The zero-order valence-corrected chi connectivity index (χ0v) is 10.7. The largest absolute Gasteiger partial charge is 0.293 e. The number of aromatic nitrogens is 1. The van der Waals surface area contributed by atoms with E-state index in [0.717, 1.165) is 5.03 Å². The van der Waals surface area contributed by atoms with E-state index in [1.54, 1.807) is 6.20 Å². The lowest BCUT2D eigenvalue weighted by Gasteiger charge is -2.00. The van der Waals surface area contributed by atoms with E-state index < -0.39 is 4.92 Å². The van der Waals surface area contributed by atoms with Gasteiger partial charge in [-0.15, -0.1) is 0 Å². The van der Waals surface area contributed by atoms with E-state index in [4.69, 9.17) is 0 Å². The zero-order valence-electron chi connectivity index (χ0n) is 9.85. The van der Waals surface area contributed by atoms with Gasteiger partial charge < -0.3 is 0 Å². The summed E-state index contributed by atoms with van der Waals surface area (Å²) in [7, 11) is 0. The van der Waals surface area contributed by atoms with Gasteiger partial charge in [-0.2, -0.15) is 0 Å². The Kier molecular flexibility index (Phi) is 4.25. The van der Waals surface area contributed by atoms with Gasteiger partial charge >= 0.3 is 0 Å². The van der Waals surface area contributed by atoms with E-state index in [-0.39, 0.29) is 17.2 Å². The van der Waals surface area contributed by atoms with Crippen LogP contribution in [0.1, 0.15) is 10.4 Å². The molecule has 0 atom stereocenters. The fraction of sp³-hybridized carbons (Fsp3) is 0.0769. The molecule has 1 aromatic carbocycles. The summed E-state index contributed by atoms with van der Waals surface area (Å²) in [4.78, 5) is 26.0. The van der Waals surface area contributed by atoms with E-state index in [1.807, 2.05) is 18.2 Å². The molecule has 0 aliphatic heterocycles. The van der Waals surface area contributed by atoms with E-state index in [0.29, 0.717) is 5.56 Å². The van der Waals surface area contributed by atoms with Crippen LogP contribution in [0.2, 0.25) is 0 Å². The predicted molar refractivity (Wildman–Crippen MR) is 72.4 cm³/mol. The van der Waals surface area contributed by atoms with Gasteiger partial charge in [-0.05, 0) is 24.3 Å². The molecule has 0 saturated heterocycles. The summed E-state index contributed by atoms with van der Waals surface area (Å²) in [5.41, 5.74) is 0.447. The van der Waals surface area contributed by atoms with Crippen molar-refractivity contribution in [3.05, 3.63) is 64.3 Å². The molecule has 0 aliphatic rings. The summed E-state index contributed by atoms with van der Waals surface area (Å²) in [5.74, 6) is 0.181. The van der Waals surface area contributed by atoms with E-state index >= 15 is 0 Å². The maximum Gasteiger partial charge on any atom is 0.269 e. The molecule has 0 saturated carbocycles. The zero-order chi connectivity index (χ0) is 13.7. The van der Waals surface area contributed by atoms with Gasteiger partial charge in [-0.25, -0.2) is 4.98 Å². The van der Waals surface area contributed by atoms with Crippen molar-refractivity contribution in [1.82, 2.24) is 4.98 Å². The Morgan fingerprint density at radius 2 is 1.95 bits per heavy atom. The second-order valence-corrected chi connectivity index (χ2v) is 4.68. The van der Waals surface area contributed by atoms with Crippen LogP contribution in [0.25, 0.3) is 0 Å². The van der Waals surface area contributed by atoms with Crippen molar-refractivity contribution in [3.8, 4) is 0 Å². The number of nitro benzene ring substituents is 1. The maximum atomic E-state index is 11.9. The van der Waals surface area contributed by atoms with Crippen molar-refractivity contribution in [2.24, 2.45) is 0 Å². The van der Waals surface area contributed by atoms with Gasteiger partial charge in [0.05, 0.1) is 15.7 Å². The lowest BCUT2D eigenvalue weighted by molar-refractivity contribution is -0.384. The summed E-state index contributed by atoms with van der Waals surface area (Å²) in [5, 5.41) is 11.3. The van der Waals surface area contributed by atoms with Gasteiger partial charge in [0.15, 0.2) is 5.78 Å². The van der Waals surface area contributed by atoms with Crippen LogP contribution in [-0.4, -0.2) is 21.4 Å². The molecule has 19 heavy (non-hydrogen) atoms. The Bertz CT molecular complexity index is 585. The average Bonchev–Trinajstić information content (AvgIpc) is 2.46. The predicted octanol–water partition coefficient (Wildman–Crippen LogP) is 2.96. The number of Topliss-reactive ketones (excluding diaryl/α,β-unsaturated/α-hetero) is 1. The van der Waals surface area contributed by atoms with Gasteiger partial charge in [0, 0.05) is 23.9 Å². The lowest BCUT2D eigenvalue weighted by Crippen LogP contribution is -2.02. The monoisotopic (exact) mass is 274 g/mol. The van der Waals surface area contributed by atoms with Crippen LogP contribution in [-0.2, 0) is 0 Å². The quantitative estimate of drug-likeness (QED) is 0.363. The Hall–Kier alpha value is -2.21. The molecule has 2 rings (SSSR count). The van der Waals surface area contributed by atoms with Crippen LogP contribution >= 0.6 is 11.8 Å². The molecule has 0 bridgehead atoms. The highest BCUT2D eigenvalue weighted by molar-refractivity contribution is 7.99. The SMILES string of the molecule is O=C(CSc1ccccn1)c1ccc([N+](=O)[O-])cc1. The molecule has 0 N–H and O–H groups in total. The maximum absolute atomic E-state index is 11.9.